The highest BCUT2D eigenvalue weighted by atomic mass is 16.3. The van der Waals surface area contributed by atoms with Crippen molar-refractivity contribution in [1.29, 1.82) is 0 Å². The molecule has 1 aliphatic heterocycles. The van der Waals surface area contributed by atoms with E-state index in [4.69, 9.17) is 0 Å². The number of likely N-dealkylation sites (tertiary alicyclic amines) is 1. The van der Waals surface area contributed by atoms with Crippen molar-refractivity contribution < 1.29 is 10.2 Å². The summed E-state index contributed by atoms with van der Waals surface area (Å²) in [5.41, 5.74) is 0. The number of hydrogen-bond acceptors (Lipinski definition) is 3. The zero-order chi connectivity index (χ0) is 14.1. The molecule has 0 radical (unpaired) electrons. The maximum atomic E-state index is 9.94. The molecular weight excluding hydrogens is 238 g/mol. The van der Waals surface area contributed by atoms with Gasteiger partial charge in [-0.2, -0.15) is 0 Å². The predicted octanol–water partition coefficient (Wildman–Crippen LogP) is 2.80. The number of unbranched alkanes of at least 4 members (excludes halogenated alkanes) is 6. The van der Waals surface area contributed by atoms with Gasteiger partial charge < -0.3 is 10.2 Å². The van der Waals surface area contributed by atoms with E-state index in [1.165, 1.54) is 44.9 Å². The first-order valence-corrected chi connectivity index (χ1v) is 8.22. The quantitative estimate of drug-likeness (QED) is 0.634. The molecule has 0 aromatic rings. The highest BCUT2D eigenvalue weighted by Crippen LogP contribution is 2.23. The Balaban J connectivity index is 2.13. The molecule has 19 heavy (non-hydrogen) atoms. The normalized spacial score (nSPS) is 28.7. The number of rotatable bonds is 9. The molecule has 1 fully saturated rings. The Morgan fingerprint density at radius 1 is 1.05 bits per heavy atom. The van der Waals surface area contributed by atoms with Gasteiger partial charge in [0.15, 0.2) is 0 Å². The molecule has 2 N–H and O–H groups in total. The number of aliphatic hydroxyl groups is 2. The molecule has 3 atom stereocenters. The van der Waals surface area contributed by atoms with E-state index in [2.05, 4.69) is 18.7 Å². The summed E-state index contributed by atoms with van der Waals surface area (Å²) in [6.07, 6.45) is 9.92. The minimum atomic E-state index is -0.215. The van der Waals surface area contributed by atoms with Crippen molar-refractivity contribution in [3.05, 3.63) is 0 Å². The molecular formula is C16H33NO2. The Hall–Kier alpha value is -0.120. The van der Waals surface area contributed by atoms with Gasteiger partial charge in [0.05, 0.1) is 12.7 Å². The molecule has 0 aromatic carbocycles. The number of hydrogen-bond donors (Lipinski definition) is 2. The highest BCUT2D eigenvalue weighted by Gasteiger charge is 2.31. The molecule has 1 saturated heterocycles. The summed E-state index contributed by atoms with van der Waals surface area (Å²) in [6.45, 7) is 6.33. The van der Waals surface area contributed by atoms with Gasteiger partial charge in [-0.1, -0.05) is 52.4 Å². The van der Waals surface area contributed by atoms with Crippen LogP contribution in [0, 0.1) is 5.92 Å². The second-order valence-corrected chi connectivity index (χ2v) is 6.23. The third kappa shape index (κ3) is 6.24. The Labute approximate surface area is 119 Å². The predicted molar refractivity (Wildman–Crippen MR) is 80.2 cm³/mol. The second kappa shape index (κ2) is 9.73. The molecule has 1 rings (SSSR count). The van der Waals surface area contributed by atoms with Crippen molar-refractivity contribution in [3.63, 3.8) is 0 Å². The Morgan fingerprint density at radius 2 is 1.68 bits per heavy atom. The fourth-order valence-corrected chi connectivity index (χ4v) is 3.04. The van der Waals surface area contributed by atoms with Crippen LogP contribution in [0.1, 0.15) is 65.2 Å². The lowest BCUT2D eigenvalue weighted by Crippen LogP contribution is -2.50. The molecule has 3 nitrogen and oxygen atoms in total. The lowest BCUT2D eigenvalue weighted by Gasteiger charge is -2.40. The van der Waals surface area contributed by atoms with E-state index in [1.54, 1.807) is 0 Å². The molecule has 114 valence electrons. The lowest BCUT2D eigenvalue weighted by atomic mass is 9.90. The number of aliphatic hydroxyl groups excluding tert-OH is 2. The van der Waals surface area contributed by atoms with Crippen LogP contribution in [-0.2, 0) is 0 Å². The van der Waals surface area contributed by atoms with Gasteiger partial charge in [-0.25, -0.2) is 0 Å². The molecule has 0 unspecified atom stereocenters. The summed E-state index contributed by atoms with van der Waals surface area (Å²) in [6, 6.07) is 0.262. The van der Waals surface area contributed by atoms with Gasteiger partial charge in [-0.3, -0.25) is 4.90 Å². The largest absolute Gasteiger partial charge is 0.395 e. The number of piperidine rings is 1. The fraction of sp³-hybridized carbons (Fsp3) is 1.00. The fourth-order valence-electron chi connectivity index (χ4n) is 3.04. The summed E-state index contributed by atoms with van der Waals surface area (Å²) in [5.74, 6) is 0.322. The lowest BCUT2D eigenvalue weighted by molar-refractivity contribution is -0.0199. The number of β-amino-alcohol motifs (C(OH)–C–C–N with tert-alkyl or cyclic N) is 1. The smallest absolute Gasteiger partial charge is 0.0693 e. The summed E-state index contributed by atoms with van der Waals surface area (Å²) in [5, 5.41) is 19.4. The Morgan fingerprint density at radius 3 is 2.32 bits per heavy atom. The van der Waals surface area contributed by atoms with Gasteiger partial charge in [0, 0.05) is 12.6 Å². The average molecular weight is 271 g/mol. The molecule has 1 heterocycles. The van der Waals surface area contributed by atoms with Gasteiger partial charge in [-0.15, -0.1) is 0 Å². The maximum Gasteiger partial charge on any atom is 0.0693 e. The highest BCUT2D eigenvalue weighted by molar-refractivity contribution is 4.84. The zero-order valence-corrected chi connectivity index (χ0v) is 12.9. The van der Waals surface area contributed by atoms with Crippen molar-refractivity contribution in [2.75, 3.05) is 19.7 Å². The van der Waals surface area contributed by atoms with E-state index in [1.807, 2.05) is 0 Å². The first-order valence-electron chi connectivity index (χ1n) is 8.22. The van der Waals surface area contributed by atoms with Crippen LogP contribution in [0.5, 0.6) is 0 Å². The van der Waals surface area contributed by atoms with Gasteiger partial charge >= 0.3 is 0 Å². The zero-order valence-electron chi connectivity index (χ0n) is 12.9. The minimum Gasteiger partial charge on any atom is -0.395 e. The minimum absolute atomic E-state index is 0.215. The molecule has 0 amide bonds. The maximum absolute atomic E-state index is 9.94. The van der Waals surface area contributed by atoms with Crippen LogP contribution >= 0.6 is 0 Å². The Bertz CT molecular complexity index is 223. The molecule has 0 aromatic heterocycles. The van der Waals surface area contributed by atoms with E-state index in [0.717, 1.165) is 19.5 Å². The average Bonchev–Trinajstić information content (AvgIpc) is 2.41. The van der Waals surface area contributed by atoms with Crippen LogP contribution in [-0.4, -0.2) is 47.0 Å². The van der Waals surface area contributed by atoms with E-state index in [0.29, 0.717) is 5.92 Å². The summed E-state index contributed by atoms with van der Waals surface area (Å²) in [7, 11) is 0. The molecule has 0 bridgehead atoms. The van der Waals surface area contributed by atoms with Crippen LogP contribution in [0.2, 0.25) is 0 Å². The monoisotopic (exact) mass is 271 g/mol. The van der Waals surface area contributed by atoms with E-state index >= 15 is 0 Å². The van der Waals surface area contributed by atoms with Crippen molar-refractivity contribution in [2.24, 2.45) is 5.92 Å². The van der Waals surface area contributed by atoms with Crippen LogP contribution in [0.3, 0.4) is 0 Å². The van der Waals surface area contributed by atoms with E-state index in [-0.39, 0.29) is 18.8 Å². The van der Waals surface area contributed by atoms with E-state index < -0.39 is 0 Å². The molecule has 0 aliphatic carbocycles. The van der Waals surface area contributed by atoms with Crippen LogP contribution < -0.4 is 0 Å². The molecule has 0 spiro atoms. The second-order valence-electron chi connectivity index (χ2n) is 6.23. The molecule has 3 heteroatoms. The number of nitrogens with zero attached hydrogens (tertiary/aromatic N) is 1. The van der Waals surface area contributed by atoms with Crippen molar-refractivity contribution in [2.45, 2.75) is 77.4 Å². The van der Waals surface area contributed by atoms with Crippen molar-refractivity contribution >= 4 is 0 Å². The van der Waals surface area contributed by atoms with Gasteiger partial charge in [0.1, 0.15) is 0 Å². The van der Waals surface area contributed by atoms with Gasteiger partial charge in [0.25, 0.3) is 0 Å². The summed E-state index contributed by atoms with van der Waals surface area (Å²) >= 11 is 0. The standard InChI is InChI=1S/C16H33NO2/c1-3-4-5-6-7-8-9-10-17-12-16(19)14(2)11-15(17)13-18/h14-16,18-19H,3-13H2,1-2H3/t14-,15-,16-/m0/s1. The van der Waals surface area contributed by atoms with Gasteiger partial charge in [-0.05, 0) is 25.3 Å². The van der Waals surface area contributed by atoms with Crippen LogP contribution in [0.4, 0.5) is 0 Å². The third-order valence-corrected chi connectivity index (χ3v) is 4.50. The summed E-state index contributed by atoms with van der Waals surface area (Å²) in [4.78, 5) is 2.29. The summed E-state index contributed by atoms with van der Waals surface area (Å²) < 4.78 is 0. The van der Waals surface area contributed by atoms with Crippen LogP contribution in [0.25, 0.3) is 0 Å². The topological polar surface area (TPSA) is 43.7 Å². The molecule has 0 saturated carbocycles. The first kappa shape index (κ1) is 16.9. The van der Waals surface area contributed by atoms with E-state index in [9.17, 15) is 10.2 Å². The van der Waals surface area contributed by atoms with Crippen LogP contribution in [0.15, 0.2) is 0 Å². The third-order valence-electron chi connectivity index (χ3n) is 4.50. The first-order chi connectivity index (χ1) is 9.19. The van der Waals surface area contributed by atoms with Crippen molar-refractivity contribution in [1.82, 2.24) is 4.90 Å². The van der Waals surface area contributed by atoms with Gasteiger partial charge in [0.2, 0.25) is 0 Å². The molecule has 1 aliphatic rings. The van der Waals surface area contributed by atoms with Crippen molar-refractivity contribution in [3.8, 4) is 0 Å². The SMILES string of the molecule is CCCCCCCCCN1C[C@H](O)[C@@H](C)C[C@H]1CO. The Kier molecular flexibility index (Phi) is 8.67.